The molecule has 0 saturated carbocycles. The second kappa shape index (κ2) is 11.6. The Morgan fingerprint density at radius 3 is 1.94 bits per heavy atom. The maximum Gasteiger partial charge on any atom is 0.318 e. The predicted octanol–water partition coefficient (Wildman–Crippen LogP) is 5.85. The van der Waals surface area contributed by atoms with E-state index in [4.69, 9.17) is 4.74 Å². The molecule has 0 spiro atoms. The minimum atomic E-state index is -0.420. The highest BCUT2D eigenvalue weighted by molar-refractivity contribution is 7.81. The van der Waals surface area contributed by atoms with Gasteiger partial charge in [0, 0.05) is 12.0 Å². The van der Waals surface area contributed by atoms with Crippen LogP contribution in [-0.4, -0.2) is 34.4 Å². The van der Waals surface area contributed by atoms with Gasteiger partial charge in [0.05, 0.1) is 11.9 Å². The number of thiol groups is 1. The molecule has 1 atom stereocenters. The average Bonchev–Trinajstić information content (AvgIpc) is 2.62. The number of benzene rings is 1. The number of hydrogen-bond acceptors (Lipinski definition) is 5. The number of phenols is 1. The highest BCUT2D eigenvalue weighted by atomic mass is 32.1. The van der Waals surface area contributed by atoms with E-state index >= 15 is 0 Å². The number of aromatic hydroxyl groups is 1. The van der Waals surface area contributed by atoms with Crippen LogP contribution in [0.15, 0.2) is 12.1 Å². The normalized spacial score (nSPS) is 13.5. The van der Waals surface area contributed by atoms with E-state index < -0.39 is 10.8 Å². The molecule has 0 saturated heterocycles. The lowest BCUT2D eigenvalue weighted by Crippen LogP contribution is -2.45. The van der Waals surface area contributed by atoms with Gasteiger partial charge in [-0.2, -0.15) is 12.6 Å². The van der Waals surface area contributed by atoms with Crippen molar-refractivity contribution in [1.29, 1.82) is 0 Å². The Kier molecular flexibility index (Phi) is 10.3. The summed E-state index contributed by atoms with van der Waals surface area (Å²) in [5, 5.41) is 13.7. The Bertz CT molecular complexity index is 781. The minimum absolute atomic E-state index is 0.0202. The summed E-state index contributed by atoms with van der Waals surface area (Å²) in [6.45, 7) is 18.7. The lowest BCUT2D eigenvalue weighted by molar-refractivity contribution is -0.142. The largest absolute Gasteiger partial charge is 0.507 e. The number of esters is 1. The molecule has 1 amide bonds. The van der Waals surface area contributed by atoms with Gasteiger partial charge in [0.2, 0.25) is 5.91 Å². The lowest BCUT2D eigenvalue weighted by Gasteiger charge is -2.31. The molecule has 6 heteroatoms. The van der Waals surface area contributed by atoms with Crippen molar-refractivity contribution in [3.8, 4) is 5.75 Å². The monoisotopic (exact) mass is 479 g/mol. The van der Waals surface area contributed by atoms with E-state index in [-0.39, 0.29) is 22.7 Å². The van der Waals surface area contributed by atoms with Gasteiger partial charge < -0.3 is 15.2 Å². The number of carbonyl (C=O) groups is 2. The van der Waals surface area contributed by atoms with E-state index in [1.165, 1.54) is 0 Å². The Morgan fingerprint density at radius 2 is 1.48 bits per heavy atom. The molecule has 0 aliphatic carbocycles. The summed E-state index contributed by atoms with van der Waals surface area (Å²) in [6, 6.07) is 4.15. The molecular formula is C27H45NO4S. The number of phenolic OH excluding ortho intramolecular Hbond substituents is 1. The van der Waals surface area contributed by atoms with E-state index in [2.05, 4.69) is 71.6 Å². The van der Waals surface area contributed by atoms with E-state index in [1.807, 2.05) is 13.8 Å². The number of unbranched alkanes of at least 4 members (excludes halogenated alkanes) is 2. The Hall–Kier alpha value is -1.69. The zero-order valence-electron chi connectivity index (χ0n) is 22.1. The molecule has 0 bridgehead atoms. The van der Waals surface area contributed by atoms with E-state index in [0.29, 0.717) is 25.2 Å². The second-order valence-corrected chi connectivity index (χ2v) is 12.6. The molecule has 1 rings (SSSR count). The fourth-order valence-electron chi connectivity index (χ4n) is 3.79. The van der Waals surface area contributed by atoms with Gasteiger partial charge in [0.1, 0.15) is 5.75 Å². The fraction of sp³-hybridized carbons (Fsp3) is 0.704. The average molecular weight is 480 g/mol. The summed E-state index contributed by atoms with van der Waals surface area (Å²) in [4.78, 5) is 23.9. The van der Waals surface area contributed by atoms with Crippen molar-refractivity contribution in [2.24, 2.45) is 0 Å². The van der Waals surface area contributed by atoms with Crippen molar-refractivity contribution in [1.82, 2.24) is 5.32 Å². The fourth-order valence-corrected chi connectivity index (χ4v) is 3.87. The van der Waals surface area contributed by atoms with Crippen LogP contribution in [0.1, 0.15) is 105 Å². The third-order valence-corrected chi connectivity index (χ3v) is 5.75. The predicted molar refractivity (Wildman–Crippen MR) is 139 cm³/mol. The smallest absolute Gasteiger partial charge is 0.318 e. The van der Waals surface area contributed by atoms with E-state index in [1.54, 1.807) is 6.92 Å². The van der Waals surface area contributed by atoms with E-state index in [9.17, 15) is 14.7 Å². The molecule has 0 fully saturated rings. The molecule has 0 aliphatic rings. The van der Waals surface area contributed by atoms with Crippen LogP contribution in [0.25, 0.3) is 0 Å². The SMILES string of the molecule is CC(S)C(=O)OCCCCCC(=O)NC(C)(C)Cc1cc(C(C)(C)C)c(O)c(C(C)(C)C)c1. The summed E-state index contributed by atoms with van der Waals surface area (Å²) in [5.74, 6) is 0.0817. The van der Waals surface area contributed by atoms with Crippen molar-refractivity contribution in [2.45, 2.75) is 116 Å². The van der Waals surface area contributed by atoms with Gasteiger partial charge in [0.15, 0.2) is 0 Å². The van der Waals surface area contributed by atoms with Gasteiger partial charge in [-0.15, -0.1) is 0 Å². The maximum absolute atomic E-state index is 12.5. The van der Waals surface area contributed by atoms with Crippen molar-refractivity contribution in [3.63, 3.8) is 0 Å². The number of ether oxygens (including phenoxy) is 1. The van der Waals surface area contributed by atoms with Gasteiger partial charge in [0.25, 0.3) is 0 Å². The van der Waals surface area contributed by atoms with E-state index in [0.717, 1.165) is 36.0 Å². The van der Waals surface area contributed by atoms with Crippen molar-refractivity contribution in [3.05, 3.63) is 28.8 Å². The molecule has 0 aromatic heterocycles. The number of hydrogen-bond donors (Lipinski definition) is 3. The standard InChI is InChI=1S/C27H45NO4S/c1-18(33)24(31)32-14-12-10-11-13-22(29)28-27(8,9)17-19-15-20(25(2,3)4)23(30)21(16-19)26(5,6)7/h15-16,18,30,33H,10-14,17H2,1-9H3,(H,28,29). The summed E-state index contributed by atoms with van der Waals surface area (Å²) in [5.41, 5.74) is 2.17. The van der Waals surface area contributed by atoms with Crippen LogP contribution >= 0.6 is 12.6 Å². The third-order valence-electron chi connectivity index (χ3n) is 5.54. The van der Waals surface area contributed by atoms with Crippen LogP contribution in [0.4, 0.5) is 0 Å². The maximum atomic E-state index is 12.5. The van der Waals surface area contributed by atoms with Crippen LogP contribution in [-0.2, 0) is 31.6 Å². The molecule has 0 heterocycles. The van der Waals surface area contributed by atoms with Gasteiger partial charge in [-0.05, 0) is 74.0 Å². The van der Waals surface area contributed by atoms with Crippen molar-refractivity contribution >= 4 is 24.5 Å². The first kappa shape index (κ1) is 29.3. The second-order valence-electron chi connectivity index (χ2n) is 11.8. The first-order valence-electron chi connectivity index (χ1n) is 12.0. The third kappa shape index (κ3) is 9.99. The molecule has 0 aliphatic heterocycles. The first-order chi connectivity index (χ1) is 14.9. The topological polar surface area (TPSA) is 75.6 Å². The molecule has 1 unspecified atom stereocenters. The summed E-state index contributed by atoms with van der Waals surface area (Å²) < 4.78 is 5.10. The quantitative estimate of drug-likeness (QED) is 0.224. The van der Waals surface area contributed by atoms with Gasteiger partial charge >= 0.3 is 5.97 Å². The number of amides is 1. The van der Waals surface area contributed by atoms with Gasteiger partial charge in [-0.25, -0.2) is 0 Å². The Labute approximate surface area is 206 Å². The number of nitrogens with one attached hydrogen (secondary N) is 1. The zero-order chi connectivity index (χ0) is 25.6. The van der Waals surface area contributed by atoms with Gasteiger partial charge in [-0.3, -0.25) is 9.59 Å². The van der Waals surface area contributed by atoms with Crippen LogP contribution < -0.4 is 5.32 Å². The molecular weight excluding hydrogens is 434 g/mol. The van der Waals surface area contributed by atoms with Gasteiger partial charge in [-0.1, -0.05) is 53.7 Å². The number of rotatable bonds is 10. The van der Waals surface area contributed by atoms with Crippen LogP contribution in [0.3, 0.4) is 0 Å². The van der Waals surface area contributed by atoms with Crippen molar-refractivity contribution < 1.29 is 19.4 Å². The highest BCUT2D eigenvalue weighted by Crippen LogP contribution is 2.40. The highest BCUT2D eigenvalue weighted by Gasteiger charge is 2.28. The van der Waals surface area contributed by atoms with Crippen LogP contribution in [0.5, 0.6) is 5.75 Å². The number of carbonyl (C=O) groups excluding carboxylic acids is 2. The molecule has 0 radical (unpaired) electrons. The molecule has 188 valence electrons. The molecule has 2 N–H and O–H groups in total. The molecule has 1 aromatic rings. The van der Waals surface area contributed by atoms with Crippen LogP contribution in [0, 0.1) is 0 Å². The summed E-state index contributed by atoms with van der Waals surface area (Å²) >= 11 is 4.04. The molecule has 33 heavy (non-hydrogen) atoms. The Balaban J connectivity index is 2.74. The summed E-state index contributed by atoms with van der Waals surface area (Å²) in [7, 11) is 0. The lowest BCUT2D eigenvalue weighted by atomic mass is 9.77. The first-order valence-corrected chi connectivity index (χ1v) is 12.5. The summed E-state index contributed by atoms with van der Waals surface area (Å²) in [6.07, 6.45) is 3.42. The Morgan fingerprint density at radius 1 is 0.970 bits per heavy atom. The zero-order valence-corrected chi connectivity index (χ0v) is 23.0. The minimum Gasteiger partial charge on any atom is -0.507 e. The van der Waals surface area contributed by atoms with Crippen LogP contribution in [0.2, 0.25) is 0 Å². The van der Waals surface area contributed by atoms with Crippen molar-refractivity contribution in [2.75, 3.05) is 6.61 Å². The molecule has 1 aromatic carbocycles. The molecule has 5 nitrogen and oxygen atoms in total.